The van der Waals surface area contributed by atoms with Gasteiger partial charge < -0.3 is 5.73 Å². The SMILES string of the molecule is C=C(Br)CNS(=O)(=O)c1cccc(N)c1C. The van der Waals surface area contributed by atoms with Crippen molar-refractivity contribution in [1.82, 2.24) is 4.72 Å². The van der Waals surface area contributed by atoms with Crippen molar-refractivity contribution in [3.05, 3.63) is 34.8 Å². The first kappa shape index (κ1) is 13.2. The summed E-state index contributed by atoms with van der Waals surface area (Å²) >= 11 is 3.09. The quantitative estimate of drug-likeness (QED) is 0.833. The van der Waals surface area contributed by atoms with Crippen LogP contribution >= 0.6 is 15.9 Å². The Morgan fingerprint density at radius 2 is 2.19 bits per heavy atom. The Morgan fingerprint density at radius 1 is 1.56 bits per heavy atom. The fourth-order valence-corrected chi connectivity index (χ4v) is 2.80. The van der Waals surface area contributed by atoms with Crippen LogP contribution in [-0.4, -0.2) is 15.0 Å². The van der Waals surface area contributed by atoms with Gasteiger partial charge in [0.1, 0.15) is 0 Å². The van der Waals surface area contributed by atoms with Crippen molar-refractivity contribution in [3.63, 3.8) is 0 Å². The Bertz CT molecular complexity index is 512. The van der Waals surface area contributed by atoms with Crippen molar-refractivity contribution in [2.75, 3.05) is 12.3 Å². The van der Waals surface area contributed by atoms with Crippen LogP contribution in [0.5, 0.6) is 0 Å². The van der Waals surface area contributed by atoms with Crippen LogP contribution in [0.15, 0.2) is 34.2 Å². The van der Waals surface area contributed by atoms with Crippen LogP contribution in [0, 0.1) is 6.92 Å². The Morgan fingerprint density at radius 3 is 2.75 bits per heavy atom. The van der Waals surface area contributed by atoms with E-state index in [4.69, 9.17) is 5.73 Å². The summed E-state index contributed by atoms with van der Waals surface area (Å²) < 4.78 is 26.7. The monoisotopic (exact) mass is 304 g/mol. The molecule has 0 amide bonds. The second-order valence-electron chi connectivity index (χ2n) is 3.31. The lowest BCUT2D eigenvalue weighted by Gasteiger charge is -2.10. The largest absolute Gasteiger partial charge is 0.398 e. The minimum absolute atomic E-state index is 0.149. The number of nitrogen functional groups attached to an aromatic ring is 1. The maximum Gasteiger partial charge on any atom is 0.241 e. The van der Waals surface area contributed by atoms with Crippen molar-refractivity contribution >= 4 is 31.6 Å². The molecular formula is C10H13BrN2O2S. The summed E-state index contributed by atoms with van der Waals surface area (Å²) in [5.41, 5.74) is 6.66. The van der Waals surface area contributed by atoms with Gasteiger partial charge in [-0.1, -0.05) is 28.6 Å². The molecule has 0 bridgehead atoms. The van der Waals surface area contributed by atoms with Gasteiger partial charge in [-0.3, -0.25) is 0 Å². The number of hydrogen-bond acceptors (Lipinski definition) is 3. The molecule has 0 aromatic heterocycles. The first-order valence-electron chi connectivity index (χ1n) is 4.52. The Balaban J connectivity index is 3.08. The van der Waals surface area contributed by atoms with Crippen molar-refractivity contribution in [2.45, 2.75) is 11.8 Å². The zero-order chi connectivity index (χ0) is 12.3. The van der Waals surface area contributed by atoms with Gasteiger partial charge in [-0.2, -0.15) is 0 Å². The standard InChI is InChI=1S/C10H13BrN2O2S/c1-7(11)6-13-16(14,15)10-5-3-4-9(12)8(10)2/h3-5,13H,1,6,12H2,2H3. The molecule has 4 nitrogen and oxygen atoms in total. The lowest BCUT2D eigenvalue weighted by molar-refractivity contribution is 0.585. The maximum absolute atomic E-state index is 11.9. The highest BCUT2D eigenvalue weighted by molar-refractivity contribution is 9.11. The summed E-state index contributed by atoms with van der Waals surface area (Å²) in [6, 6.07) is 4.79. The van der Waals surface area contributed by atoms with Gasteiger partial charge in [0.15, 0.2) is 0 Å². The number of nitrogens with two attached hydrogens (primary N) is 1. The second kappa shape index (κ2) is 4.99. The molecular weight excluding hydrogens is 292 g/mol. The van der Waals surface area contributed by atoms with E-state index in [1.54, 1.807) is 19.1 Å². The van der Waals surface area contributed by atoms with Gasteiger partial charge in [0.2, 0.25) is 10.0 Å². The molecule has 1 rings (SSSR count). The zero-order valence-electron chi connectivity index (χ0n) is 8.83. The van der Waals surface area contributed by atoms with Crippen LogP contribution in [0.3, 0.4) is 0 Å². The first-order chi connectivity index (χ1) is 7.34. The average Bonchev–Trinajstić information content (AvgIpc) is 2.19. The smallest absolute Gasteiger partial charge is 0.241 e. The number of rotatable bonds is 4. The van der Waals surface area contributed by atoms with E-state index in [-0.39, 0.29) is 11.4 Å². The highest BCUT2D eigenvalue weighted by Crippen LogP contribution is 2.20. The Kier molecular flexibility index (Phi) is 4.12. The Labute approximate surface area is 104 Å². The summed E-state index contributed by atoms with van der Waals surface area (Å²) in [4.78, 5) is 0.196. The van der Waals surface area contributed by atoms with Crippen molar-refractivity contribution in [3.8, 4) is 0 Å². The minimum atomic E-state index is -3.53. The lowest BCUT2D eigenvalue weighted by Crippen LogP contribution is -2.25. The molecule has 0 atom stereocenters. The van der Waals surface area contributed by atoms with Crippen LogP contribution < -0.4 is 10.5 Å². The summed E-state index contributed by atoms with van der Waals surface area (Å²) in [6.07, 6.45) is 0. The number of anilines is 1. The van der Waals surface area contributed by atoms with Gasteiger partial charge in [-0.25, -0.2) is 13.1 Å². The molecule has 0 aliphatic heterocycles. The van der Waals surface area contributed by atoms with Gasteiger partial charge >= 0.3 is 0 Å². The van der Waals surface area contributed by atoms with Crippen molar-refractivity contribution in [1.29, 1.82) is 0 Å². The molecule has 0 unspecified atom stereocenters. The van der Waals surface area contributed by atoms with E-state index in [1.807, 2.05) is 0 Å². The molecule has 88 valence electrons. The maximum atomic E-state index is 11.9. The summed E-state index contributed by atoms with van der Waals surface area (Å²) in [5.74, 6) is 0. The van der Waals surface area contributed by atoms with Crippen LogP contribution in [0.4, 0.5) is 5.69 Å². The Hall–Kier alpha value is -0.850. The average molecular weight is 305 g/mol. The van der Waals surface area contributed by atoms with Gasteiger partial charge in [0.25, 0.3) is 0 Å². The first-order valence-corrected chi connectivity index (χ1v) is 6.80. The molecule has 0 saturated carbocycles. The van der Waals surface area contributed by atoms with Crippen LogP contribution in [0.25, 0.3) is 0 Å². The number of nitrogens with one attached hydrogen (secondary N) is 1. The van der Waals surface area contributed by atoms with E-state index in [0.717, 1.165) is 0 Å². The molecule has 1 aromatic carbocycles. The van der Waals surface area contributed by atoms with Crippen molar-refractivity contribution < 1.29 is 8.42 Å². The number of halogens is 1. The van der Waals surface area contributed by atoms with Crippen LogP contribution in [0.2, 0.25) is 0 Å². The van der Waals surface area contributed by atoms with Crippen LogP contribution in [-0.2, 0) is 10.0 Å². The van der Waals surface area contributed by atoms with E-state index in [0.29, 0.717) is 15.7 Å². The summed E-state index contributed by atoms with van der Waals surface area (Å²) in [5, 5.41) is 0. The number of sulfonamides is 1. The third-order valence-corrected chi connectivity index (χ3v) is 3.90. The number of hydrogen-bond donors (Lipinski definition) is 2. The molecule has 0 aliphatic carbocycles. The highest BCUT2D eigenvalue weighted by Gasteiger charge is 2.17. The molecule has 0 saturated heterocycles. The summed E-state index contributed by atoms with van der Waals surface area (Å²) in [7, 11) is -3.53. The van der Waals surface area contributed by atoms with Crippen molar-refractivity contribution in [2.24, 2.45) is 0 Å². The van der Waals surface area contributed by atoms with Gasteiger partial charge in [0.05, 0.1) is 4.90 Å². The molecule has 16 heavy (non-hydrogen) atoms. The van der Waals surface area contributed by atoms with E-state index in [1.165, 1.54) is 6.07 Å². The molecule has 0 radical (unpaired) electrons. The molecule has 0 aliphatic rings. The second-order valence-corrected chi connectivity index (χ2v) is 6.17. The highest BCUT2D eigenvalue weighted by atomic mass is 79.9. The van der Waals surface area contributed by atoms with Gasteiger partial charge in [-0.05, 0) is 24.6 Å². The van der Waals surface area contributed by atoms with E-state index in [2.05, 4.69) is 27.2 Å². The normalized spacial score (nSPS) is 11.4. The third kappa shape index (κ3) is 3.07. The van der Waals surface area contributed by atoms with Gasteiger partial charge in [-0.15, -0.1) is 0 Å². The topological polar surface area (TPSA) is 72.2 Å². The van der Waals surface area contributed by atoms with Crippen LogP contribution in [0.1, 0.15) is 5.56 Å². The molecule has 1 aromatic rings. The zero-order valence-corrected chi connectivity index (χ0v) is 11.2. The number of benzene rings is 1. The molecule has 0 heterocycles. The van der Waals surface area contributed by atoms with Gasteiger partial charge in [0, 0.05) is 16.7 Å². The molecule has 0 spiro atoms. The molecule has 0 fully saturated rings. The predicted molar refractivity (Wildman–Crippen MR) is 68.8 cm³/mol. The third-order valence-electron chi connectivity index (χ3n) is 2.07. The fourth-order valence-electron chi connectivity index (χ4n) is 1.17. The summed E-state index contributed by atoms with van der Waals surface area (Å²) in [6.45, 7) is 5.38. The molecule has 3 N–H and O–H groups in total. The molecule has 6 heteroatoms. The predicted octanol–water partition coefficient (Wildman–Crippen LogP) is 1.76. The van der Waals surface area contributed by atoms with E-state index >= 15 is 0 Å². The minimum Gasteiger partial charge on any atom is -0.398 e. The van der Waals surface area contributed by atoms with E-state index in [9.17, 15) is 8.42 Å². The van der Waals surface area contributed by atoms with E-state index < -0.39 is 10.0 Å². The fraction of sp³-hybridized carbons (Fsp3) is 0.200. The lowest BCUT2D eigenvalue weighted by atomic mass is 10.2.